The summed E-state index contributed by atoms with van der Waals surface area (Å²) in [5, 5.41) is 9.69. The number of benzene rings is 2. The van der Waals surface area contributed by atoms with E-state index in [4.69, 9.17) is 33.9 Å². The first kappa shape index (κ1) is 33.6. The second-order valence-electron chi connectivity index (χ2n) is 11.1. The van der Waals surface area contributed by atoms with Crippen molar-refractivity contribution in [1.82, 2.24) is 29.4 Å². The van der Waals surface area contributed by atoms with E-state index in [0.717, 1.165) is 96.7 Å². The maximum Gasteiger partial charge on any atom is 0.203 e. The van der Waals surface area contributed by atoms with Crippen molar-refractivity contribution in [2.45, 2.75) is 26.4 Å². The summed E-state index contributed by atoms with van der Waals surface area (Å²) < 4.78 is 31.7. The van der Waals surface area contributed by atoms with Crippen LogP contribution >= 0.6 is 0 Å². The van der Waals surface area contributed by atoms with Gasteiger partial charge < -0.3 is 29.2 Å². The summed E-state index contributed by atoms with van der Waals surface area (Å²) in [4.78, 5) is 4.97. The van der Waals surface area contributed by atoms with Crippen LogP contribution in [-0.4, -0.2) is 96.6 Å². The van der Waals surface area contributed by atoms with E-state index in [2.05, 4.69) is 21.9 Å². The van der Waals surface area contributed by atoms with Crippen molar-refractivity contribution in [2.75, 3.05) is 61.7 Å². The highest BCUT2D eigenvalue weighted by Crippen LogP contribution is 2.41. The summed E-state index contributed by atoms with van der Waals surface area (Å²) in [7, 11) is 12.2. The molecule has 45 heavy (non-hydrogen) atoms. The minimum absolute atomic E-state index is 0. The van der Waals surface area contributed by atoms with Gasteiger partial charge in [-0.05, 0) is 62.8 Å². The van der Waals surface area contributed by atoms with Crippen LogP contribution < -0.4 is 23.7 Å². The maximum absolute atomic E-state index is 5.60. The lowest BCUT2D eigenvalue weighted by atomic mass is 10.1. The molecule has 1 saturated heterocycles. The molecule has 3 heterocycles. The van der Waals surface area contributed by atoms with Gasteiger partial charge in [-0.1, -0.05) is 0 Å². The smallest absolute Gasteiger partial charge is 0.203 e. The molecule has 1 aliphatic heterocycles. The third kappa shape index (κ3) is 7.19. The third-order valence-electron chi connectivity index (χ3n) is 8.32. The fraction of sp³-hybridized carbons (Fsp3) is 0.455. The summed E-state index contributed by atoms with van der Waals surface area (Å²) in [6, 6.07) is 12.3. The molecule has 0 spiro atoms. The molecule has 0 atom stereocenters. The van der Waals surface area contributed by atoms with E-state index in [1.807, 2.05) is 54.6 Å². The van der Waals surface area contributed by atoms with E-state index in [0.29, 0.717) is 17.2 Å². The molecule has 0 saturated carbocycles. The fourth-order valence-electron chi connectivity index (χ4n) is 6.01. The zero-order valence-electron chi connectivity index (χ0n) is 27.6. The van der Waals surface area contributed by atoms with Crippen molar-refractivity contribution in [3.05, 3.63) is 53.3 Å². The lowest BCUT2D eigenvalue weighted by Crippen LogP contribution is -2.30. The molecule has 2 aromatic carbocycles. The van der Waals surface area contributed by atoms with Crippen LogP contribution in [0.15, 0.2) is 36.4 Å². The van der Waals surface area contributed by atoms with Crippen LogP contribution in [0.1, 0.15) is 23.4 Å². The molecule has 12 heteroatoms. The number of aryl methyl sites for hydroxylation is 2. The van der Waals surface area contributed by atoms with Crippen LogP contribution in [0, 0.1) is 6.92 Å². The van der Waals surface area contributed by atoms with Crippen LogP contribution in [0.5, 0.6) is 28.7 Å². The zero-order valence-corrected chi connectivity index (χ0v) is 27.6. The molecule has 244 valence electrons. The second-order valence-corrected chi connectivity index (χ2v) is 11.1. The Morgan fingerprint density at radius 3 is 1.36 bits per heavy atom. The van der Waals surface area contributed by atoms with Gasteiger partial charge in [-0.25, -0.2) is 0 Å². The Hall–Kier alpha value is -4.26. The van der Waals surface area contributed by atoms with Crippen molar-refractivity contribution in [3.8, 4) is 51.3 Å². The van der Waals surface area contributed by atoms with Crippen LogP contribution in [0.4, 0.5) is 0 Å². The minimum Gasteiger partial charge on any atom is -0.496 e. The Labute approximate surface area is 265 Å². The second kappa shape index (κ2) is 14.7. The molecule has 12 nitrogen and oxygen atoms in total. The van der Waals surface area contributed by atoms with Gasteiger partial charge in [0, 0.05) is 57.0 Å². The Bertz CT molecular complexity index is 1550. The van der Waals surface area contributed by atoms with Crippen molar-refractivity contribution in [2.24, 2.45) is 14.1 Å². The molecule has 0 unspecified atom stereocenters. The quantitative estimate of drug-likeness (QED) is 0.247. The fourth-order valence-corrected chi connectivity index (χ4v) is 6.01. The highest BCUT2D eigenvalue weighted by molar-refractivity contribution is 5.69. The van der Waals surface area contributed by atoms with E-state index in [-0.39, 0.29) is 5.48 Å². The molecule has 0 amide bonds. The molecule has 0 aliphatic carbocycles. The van der Waals surface area contributed by atoms with Gasteiger partial charge in [0.05, 0.1) is 58.3 Å². The lowest BCUT2D eigenvalue weighted by Gasteiger charge is -2.20. The number of aromatic nitrogens is 4. The van der Waals surface area contributed by atoms with Gasteiger partial charge in [-0.2, -0.15) is 10.2 Å². The molecule has 2 aromatic heterocycles. The first-order chi connectivity index (χ1) is 21.3. The third-order valence-corrected chi connectivity index (χ3v) is 8.32. The van der Waals surface area contributed by atoms with Gasteiger partial charge in [-0.15, -0.1) is 0 Å². The van der Waals surface area contributed by atoms with Crippen LogP contribution in [0.25, 0.3) is 22.5 Å². The van der Waals surface area contributed by atoms with E-state index in [1.54, 1.807) is 35.5 Å². The molecule has 1 aliphatic rings. The lowest BCUT2D eigenvalue weighted by molar-refractivity contribution is 0.243. The van der Waals surface area contributed by atoms with E-state index >= 15 is 0 Å². The van der Waals surface area contributed by atoms with Gasteiger partial charge in [0.25, 0.3) is 0 Å². The standard InChI is InChI=1S/C33H44N6O5.H2O/c1-22-29(40-4)14-23(15-30(22)41-5)27-18-25(34-36(27)2)20-38-10-9-11-39(13-12-38)21-26-19-28(37(3)35-26)24-16-31(42-6)33(44-8)32(17-24)43-7;/h14-19H,9-13,20-21H2,1-8H3;1H2. The van der Waals surface area contributed by atoms with Gasteiger partial charge in [0.2, 0.25) is 5.75 Å². The number of nitrogens with zero attached hydrogens (tertiary/aromatic N) is 6. The highest BCUT2D eigenvalue weighted by Gasteiger charge is 2.21. The number of hydrogen-bond donors (Lipinski definition) is 0. The van der Waals surface area contributed by atoms with E-state index in [9.17, 15) is 0 Å². The number of rotatable bonds is 11. The topological polar surface area (TPSA) is 120 Å². The highest BCUT2D eigenvalue weighted by atomic mass is 16.5. The van der Waals surface area contributed by atoms with Crippen LogP contribution in [0.2, 0.25) is 0 Å². The first-order valence-electron chi connectivity index (χ1n) is 14.8. The SMILES string of the molecule is COc1cc(-c2cc(CN3CCCN(Cc4cc(-c5cc(OC)c(OC)c(OC)c5)n(C)n4)CC3)nn2C)cc(OC)c1C.O. The molecule has 5 rings (SSSR count). The maximum atomic E-state index is 5.60. The van der Waals surface area contributed by atoms with Crippen molar-refractivity contribution in [3.63, 3.8) is 0 Å². The van der Waals surface area contributed by atoms with E-state index in [1.165, 1.54) is 0 Å². The first-order valence-corrected chi connectivity index (χ1v) is 14.8. The predicted molar refractivity (Wildman–Crippen MR) is 174 cm³/mol. The number of ether oxygens (including phenoxy) is 5. The Balaban J connectivity index is 0.00000461. The Morgan fingerprint density at radius 2 is 0.978 bits per heavy atom. The largest absolute Gasteiger partial charge is 0.496 e. The normalized spacial score (nSPS) is 14.0. The summed E-state index contributed by atoms with van der Waals surface area (Å²) in [5.41, 5.74) is 7.07. The molecule has 2 N–H and O–H groups in total. The van der Waals surface area contributed by atoms with E-state index < -0.39 is 0 Å². The van der Waals surface area contributed by atoms with Gasteiger partial charge in [0.15, 0.2) is 11.5 Å². The Morgan fingerprint density at radius 1 is 0.578 bits per heavy atom. The minimum atomic E-state index is 0. The summed E-state index contributed by atoms with van der Waals surface area (Å²) in [6.07, 6.45) is 1.08. The molecular formula is C33H46N6O6. The summed E-state index contributed by atoms with van der Waals surface area (Å²) in [5.74, 6) is 3.43. The van der Waals surface area contributed by atoms with Crippen LogP contribution in [0.3, 0.4) is 0 Å². The molecule has 0 radical (unpaired) electrons. The average Bonchev–Trinajstić information content (AvgIpc) is 3.50. The molecule has 4 aromatic rings. The summed E-state index contributed by atoms with van der Waals surface area (Å²) in [6.45, 7) is 7.55. The van der Waals surface area contributed by atoms with Gasteiger partial charge >= 0.3 is 0 Å². The predicted octanol–water partition coefficient (Wildman–Crippen LogP) is 3.72. The number of methoxy groups -OCH3 is 5. The zero-order chi connectivity index (χ0) is 31.4. The van der Waals surface area contributed by atoms with Crippen molar-refractivity contribution >= 4 is 0 Å². The van der Waals surface area contributed by atoms with Crippen molar-refractivity contribution < 1.29 is 29.2 Å². The molecule has 0 bridgehead atoms. The number of hydrogen-bond acceptors (Lipinski definition) is 9. The van der Waals surface area contributed by atoms with Crippen LogP contribution in [-0.2, 0) is 27.2 Å². The average molecular weight is 623 g/mol. The Kier molecular flexibility index (Phi) is 11.0. The van der Waals surface area contributed by atoms with Gasteiger partial charge in [0.1, 0.15) is 11.5 Å². The molecule has 1 fully saturated rings. The summed E-state index contributed by atoms with van der Waals surface area (Å²) >= 11 is 0. The molecular weight excluding hydrogens is 576 g/mol. The van der Waals surface area contributed by atoms with Gasteiger partial charge in [-0.3, -0.25) is 19.2 Å². The van der Waals surface area contributed by atoms with Crippen molar-refractivity contribution in [1.29, 1.82) is 0 Å². The monoisotopic (exact) mass is 622 g/mol.